The molecule has 0 aromatic heterocycles. The van der Waals surface area contributed by atoms with Crippen LogP contribution in [0.1, 0.15) is 31.1 Å². The van der Waals surface area contributed by atoms with Gasteiger partial charge in [0.05, 0.1) is 5.56 Å². The molecular formula is C12H14O5. The summed E-state index contributed by atoms with van der Waals surface area (Å²) in [6.07, 6.45) is -0.861. The lowest BCUT2D eigenvalue weighted by molar-refractivity contribution is 0.0205. The summed E-state index contributed by atoms with van der Waals surface area (Å²) in [5, 5.41) is 8.76. The van der Waals surface area contributed by atoms with E-state index in [-0.39, 0.29) is 11.3 Å². The molecule has 0 saturated carbocycles. The molecular weight excluding hydrogens is 224 g/mol. The Kier molecular flexibility index (Phi) is 3.73. The van der Waals surface area contributed by atoms with Gasteiger partial charge in [0, 0.05) is 0 Å². The first kappa shape index (κ1) is 13.0. The van der Waals surface area contributed by atoms with Gasteiger partial charge in [-0.25, -0.2) is 9.59 Å². The van der Waals surface area contributed by atoms with E-state index in [0.717, 1.165) is 0 Å². The van der Waals surface area contributed by atoms with Crippen LogP contribution in [0.15, 0.2) is 24.3 Å². The molecule has 5 heteroatoms. The Morgan fingerprint density at radius 3 is 2.41 bits per heavy atom. The van der Waals surface area contributed by atoms with E-state index in [1.807, 2.05) is 0 Å². The third-order valence-corrected chi connectivity index (χ3v) is 1.67. The number of carbonyl (C=O) groups excluding carboxylic acids is 1. The second-order valence-corrected chi connectivity index (χ2v) is 4.40. The summed E-state index contributed by atoms with van der Waals surface area (Å²) in [7, 11) is 0. The lowest BCUT2D eigenvalue weighted by Gasteiger charge is -2.18. The summed E-state index contributed by atoms with van der Waals surface area (Å²) in [4.78, 5) is 22.0. The highest BCUT2D eigenvalue weighted by Gasteiger charge is 2.18. The predicted octanol–water partition coefficient (Wildman–Crippen LogP) is 2.70. The van der Waals surface area contributed by atoms with Crippen molar-refractivity contribution >= 4 is 12.1 Å². The molecule has 0 bridgehead atoms. The summed E-state index contributed by atoms with van der Waals surface area (Å²) < 4.78 is 9.79. The summed E-state index contributed by atoms with van der Waals surface area (Å²) in [6.45, 7) is 5.13. The van der Waals surface area contributed by atoms with Crippen molar-refractivity contribution in [2.75, 3.05) is 0 Å². The summed E-state index contributed by atoms with van der Waals surface area (Å²) in [6, 6.07) is 5.63. The summed E-state index contributed by atoms with van der Waals surface area (Å²) in [5.41, 5.74) is -0.604. The molecule has 0 aliphatic heterocycles. The molecule has 92 valence electrons. The number of carboxylic acids is 1. The van der Waals surface area contributed by atoms with Crippen LogP contribution >= 0.6 is 0 Å². The maximum Gasteiger partial charge on any atom is 0.514 e. The molecule has 0 radical (unpaired) electrons. The molecule has 1 rings (SSSR count). The Hall–Kier alpha value is -2.04. The zero-order valence-corrected chi connectivity index (χ0v) is 9.89. The molecule has 0 heterocycles. The maximum absolute atomic E-state index is 11.3. The van der Waals surface area contributed by atoms with Crippen LogP contribution in [-0.4, -0.2) is 22.8 Å². The van der Waals surface area contributed by atoms with Crippen LogP contribution in [0.2, 0.25) is 0 Å². The van der Waals surface area contributed by atoms with E-state index in [4.69, 9.17) is 14.6 Å². The van der Waals surface area contributed by atoms with Gasteiger partial charge >= 0.3 is 12.1 Å². The first-order valence-corrected chi connectivity index (χ1v) is 5.02. The monoisotopic (exact) mass is 238 g/mol. The van der Waals surface area contributed by atoms with Crippen LogP contribution < -0.4 is 4.74 Å². The van der Waals surface area contributed by atoms with Crippen molar-refractivity contribution in [3.05, 3.63) is 29.8 Å². The van der Waals surface area contributed by atoms with E-state index in [1.54, 1.807) is 20.8 Å². The first-order chi connectivity index (χ1) is 7.78. The number of carbonyl (C=O) groups is 2. The van der Waals surface area contributed by atoms with Crippen LogP contribution in [-0.2, 0) is 4.74 Å². The highest BCUT2D eigenvalue weighted by Crippen LogP contribution is 2.16. The van der Waals surface area contributed by atoms with Crippen molar-refractivity contribution in [2.24, 2.45) is 0 Å². The molecule has 0 fully saturated rings. The van der Waals surface area contributed by atoms with E-state index in [9.17, 15) is 9.59 Å². The van der Waals surface area contributed by atoms with Gasteiger partial charge in [0.15, 0.2) is 0 Å². The van der Waals surface area contributed by atoms with Gasteiger partial charge in [-0.15, -0.1) is 0 Å². The molecule has 1 aromatic carbocycles. The average Bonchev–Trinajstić information content (AvgIpc) is 2.14. The van der Waals surface area contributed by atoms with Crippen molar-refractivity contribution in [1.82, 2.24) is 0 Å². The molecule has 0 aliphatic rings. The van der Waals surface area contributed by atoms with Crippen molar-refractivity contribution in [1.29, 1.82) is 0 Å². The van der Waals surface area contributed by atoms with Crippen LogP contribution in [0.25, 0.3) is 0 Å². The van der Waals surface area contributed by atoms with Crippen molar-refractivity contribution in [3.8, 4) is 5.75 Å². The number of benzene rings is 1. The third kappa shape index (κ3) is 4.55. The number of carboxylic acid groups (broad SMARTS) is 1. The zero-order valence-electron chi connectivity index (χ0n) is 9.89. The lowest BCUT2D eigenvalue weighted by Crippen LogP contribution is -2.26. The van der Waals surface area contributed by atoms with E-state index in [0.29, 0.717) is 0 Å². The summed E-state index contributed by atoms with van der Waals surface area (Å²) in [5.74, 6) is -0.946. The molecule has 0 amide bonds. The number of ether oxygens (including phenoxy) is 2. The fraction of sp³-hybridized carbons (Fsp3) is 0.333. The second-order valence-electron chi connectivity index (χ2n) is 4.40. The van der Waals surface area contributed by atoms with Crippen molar-refractivity contribution < 1.29 is 24.2 Å². The van der Waals surface area contributed by atoms with Crippen LogP contribution in [0, 0.1) is 0 Å². The van der Waals surface area contributed by atoms with Gasteiger partial charge in [0.1, 0.15) is 11.4 Å². The van der Waals surface area contributed by atoms with Gasteiger partial charge in [-0.1, -0.05) is 6.07 Å². The molecule has 1 aromatic rings. The number of aromatic carboxylic acids is 1. The van der Waals surface area contributed by atoms with Crippen LogP contribution in [0.5, 0.6) is 5.75 Å². The maximum atomic E-state index is 11.3. The molecule has 0 atom stereocenters. The Morgan fingerprint density at radius 2 is 1.88 bits per heavy atom. The lowest BCUT2D eigenvalue weighted by atomic mass is 10.2. The van der Waals surface area contributed by atoms with Crippen LogP contribution in [0.3, 0.4) is 0 Å². The summed E-state index contributed by atoms with van der Waals surface area (Å²) >= 11 is 0. The molecule has 1 N–H and O–H groups in total. The largest absolute Gasteiger partial charge is 0.514 e. The number of hydrogen-bond donors (Lipinski definition) is 1. The van der Waals surface area contributed by atoms with Crippen LogP contribution in [0.4, 0.5) is 4.79 Å². The van der Waals surface area contributed by atoms with E-state index >= 15 is 0 Å². The van der Waals surface area contributed by atoms with Crippen molar-refractivity contribution in [2.45, 2.75) is 26.4 Å². The average molecular weight is 238 g/mol. The predicted molar refractivity (Wildman–Crippen MR) is 60.3 cm³/mol. The van der Waals surface area contributed by atoms with Gasteiger partial charge in [-0.05, 0) is 39.0 Å². The SMILES string of the molecule is CC(C)(C)OC(=O)Oc1cccc(C(=O)O)c1. The minimum atomic E-state index is -1.08. The molecule has 5 nitrogen and oxygen atoms in total. The molecule has 17 heavy (non-hydrogen) atoms. The standard InChI is InChI=1S/C12H14O5/c1-12(2,3)17-11(15)16-9-6-4-5-8(7-9)10(13)14/h4-7H,1-3H3,(H,13,14). The third-order valence-electron chi connectivity index (χ3n) is 1.67. The first-order valence-electron chi connectivity index (χ1n) is 5.02. The minimum Gasteiger partial charge on any atom is -0.478 e. The van der Waals surface area contributed by atoms with Gasteiger partial charge in [-0.2, -0.15) is 0 Å². The zero-order chi connectivity index (χ0) is 13.1. The Morgan fingerprint density at radius 1 is 1.24 bits per heavy atom. The Balaban J connectivity index is 2.72. The fourth-order valence-corrected chi connectivity index (χ4v) is 1.06. The minimum absolute atomic E-state index is 0.0473. The smallest absolute Gasteiger partial charge is 0.478 e. The molecule has 0 aliphatic carbocycles. The van der Waals surface area contributed by atoms with Gasteiger partial charge in [0.2, 0.25) is 0 Å². The van der Waals surface area contributed by atoms with Gasteiger partial charge < -0.3 is 14.6 Å². The van der Waals surface area contributed by atoms with E-state index in [2.05, 4.69) is 0 Å². The molecule has 0 unspecified atom stereocenters. The normalized spacial score (nSPS) is 10.8. The molecule has 0 saturated heterocycles. The highest BCUT2D eigenvalue weighted by molar-refractivity contribution is 5.88. The number of hydrogen-bond acceptors (Lipinski definition) is 4. The fourth-order valence-electron chi connectivity index (χ4n) is 1.06. The number of rotatable bonds is 2. The van der Waals surface area contributed by atoms with Crippen molar-refractivity contribution in [3.63, 3.8) is 0 Å². The van der Waals surface area contributed by atoms with Gasteiger partial charge in [-0.3, -0.25) is 0 Å². The Bertz CT molecular complexity index is 431. The van der Waals surface area contributed by atoms with E-state index < -0.39 is 17.7 Å². The topological polar surface area (TPSA) is 72.8 Å². The Labute approximate surface area is 99.0 Å². The quantitative estimate of drug-likeness (QED) is 0.633. The van der Waals surface area contributed by atoms with E-state index in [1.165, 1.54) is 24.3 Å². The molecule has 0 spiro atoms. The second kappa shape index (κ2) is 4.86. The highest BCUT2D eigenvalue weighted by atomic mass is 16.7. The van der Waals surface area contributed by atoms with Gasteiger partial charge in [0.25, 0.3) is 0 Å².